The molecule has 1 heterocycles. The van der Waals surface area contributed by atoms with Gasteiger partial charge in [0.15, 0.2) is 0 Å². The number of hydrogen-bond donors (Lipinski definition) is 0. The van der Waals surface area contributed by atoms with Gasteiger partial charge >= 0.3 is 0 Å². The van der Waals surface area contributed by atoms with E-state index >= 15 is 0 Å². The molecule has 2 rings (SSSR count). The number of nitrogens with zero attached hydrogens (tertiary/aromatic N) is 2. The van der Waals surface area contributed by atoms with Gasteiger partial charge in [0.25, 0.3) is 0 Å². The smallest absolute Gasteiger partial charge is 0.213 e. The van der Waals surface area contributed by atoms with Crippen LogP contribution in [0.4, 0.5) is 0 Å². The predicted molar refractivity (Wildman–Crippen MR) is 82.5 cm³/mol. The third-order valence-corrected chi connectivity index (χ3v) is 3.78. The Hall–Kier alpha value is -1.32. The molecule has 1 aliphatic carbocycles. The highest BCUT2D eigenvalue weighted by atomic mass is 16.5. The molecule has 0 saturated heterocycles. The van der Waals surface area contributed by atoms with Crippen LogP contribution in [0.5, 0.6) is 0 Å². The van der Waals surface area contributed by atoms with Crippen molar-refractivity contribution in [3.05, 3.63) is 12.2 Å². The van der Waals surface area contributed by atoms with E-state index in [4.69, 9.17) is 19.5 Å². The van der Waals surface area contributed by atoms with Crippen LogP contribution in [0.1, 0.15) is 47.0 Å². The summed E-state index contributed by atoms with van der Waals surface area (Å²) in [5.74, 6) is 1.93. The minimum Gasteiger partial charge on any atom is -0.480 e. The van der Waals surface area contributed by atoms with Crippen LogP contribution in [-0.4, -0.2) is 36.6 Å². The Bertz CT molecular complexity index is 426. The van der Waals surface area contributed by atoms with Crippen molar-refractivity contribution >= 4 is 11.8 Å². The van der Waals surface area contributed by atoms with E-state index in [9.17, 15) is 0 Å². The lowest BCUT2D eigenvalue weighted by Gasteiger charge is -2.37. The van der Waals surface area contributed by atoms with Gasteiger partial charge in [0, 0.05) is 0 Å². The topological polar surface area (TPSA) is 43.2 Å². The molecule has 1 aliphatic heterocycles. The molecule has 0 amide bonds. The molecule has 0 aromatic rings. The molecule has 2 atom stereocenters. The summed E-state index contributed by atoms with van der Waals surface area (Å²) in [4.78, 5) is 9.81. The van der Waals surface area contributed by atoms with Gasteiger partial charge in [-0.1, -0.05) is 26.0 Å². The van der Waals surface area contributed by atoms with Crippen molar-refractivity contribution in [1.82, 2.24) is 0 Å². The Kier molecular flexibility index (Phi) is 4.84. The highest BCUT2D eigenvalue weighted by Crippen LogP contribution is 2.34. The van der Waals surface area contributed by atoms with Gasteiger partial charge in [0.1, 0.15) is 11.6 Å². The van der Waals surface area contributed by atoms with Crippen molar-refractivity contribution in [1.29, 1.82) is 0 Å². The van der Waals surface area contributed by atoms with E-state index in [2.05, 4.69) is 26.0 Å². The minimum absolute atomic E-state index is 0.0203. The Morgan fingerprint density at radius 3 is 2.55 bits per heavy atom. The average Bonchev–Trinajstić information content (AvgIpc) is 2.43. The first kappa shape index (κ1) is 15.1. The molecule has 1 unspecified atom stereocenters. The Balaban J connectivity index is 2.37. The highest BCUT2D eigenvalue weighted by molar-refractivity contribution is 5.97. The first-order chi connectivity index (χ1) is 9.63. The molecule has 4 heteroatoms. The summed E-state index contributed by atoms with van der Waals surface area (Å²) < 4.78 is 11.6. The lowest BCUT2D eigenvalue weighted by Crippen LogP contribution is -2.47. The fraction of sp³-hybridized carbons (Fsp3) is 0.750. The standard InChI is InChI=1S/C16H26N2O2/c1-5-19-14-13(12(3)4)17-15(20-6-2)16(18-14)10-8-7-9-11-16/h7-8,12-13H,5-6,9-11H2,1-4H3/t13-,16?/m1/s1. The maximum absolute atomic E-state index is 5.84. The van der Waals surface area contributed by atoms with Crippen LogP contribution >= 0.6 is 0 Å². The predicted octanol–water partition coefficient (Wildman–Crippen LogP) is 3.37. The first-order valence-electron chi connectivity index (χ1n) is 7.71. The largest absolute Gasteiger partial charge is 0.480 e. The monoisotopic (exact) mass is 278 g/mol. The van der Waals surface area contributed by atoms with Crippen LogP contribution in [0.25, 0.3) is 0 Å². The summed E-state index contributed by atoms with van der Waals surface area (Å²) >= 11 is 0. The molecule has 0 N–H and O–H groups in total. The lowest BCUT2D eigenvalue weighted by atomic mass is 9.84. The second-order valence-corrected chi connectivity index (χ2v) is 5.68. The Morgan fingerprint density at radius 2 is 2.00 bits per heavy atom. The molecule has 4 nitrogen and oxygen atoms in total. The number of hydrogen-bond acceptors (Lipinski definition) is 4. The zero-order chi connectivity index (χ0) is 14.6. The van der Waals surface area contributed by atoms with Gasteiger partial charge in [-0.05, 0) is 39.0 Å². The van der Waals surface area contributed by atoms with Crippen molar-refractivity contribution in [3.8, 4) is 0 Å². The molecule has 0 saturated carbocycles. The van der Waals surface area contributed by atoms with Crippen molar-refractivity contribution in [2.24, 2.45) is 15.9 Å². The molecule has 0 fully saturated rings. The van der Waals surface area contributed by atoms with E-state index in [1.807, 2.05) is 13.8 Å². The third kappa shape index (κ3) is 2.89. The molecule has 2 aliphatic rings. The van der Waals surface area contributed by atoms with Crippen LogP contribution in [0, 0.1) is 5.92 Å². The summed E-state index contributed by atoms with van der Waals surface area (Å²) in [6.07, 6.45) is 7.21. The zero-order valence-corrected chi connectivity index (χ0v) is 13.1. The van der Waals surface area contributed by atoms with E-state index in [1.165, 1.54) is 0 Å². The van der Waals surface area contributed by atoms with Crippen molar-refractivity contribution in [2.45, 2.75) is 58.5 Å². The molecule has 0 aromatic heterocycles. The average molecular weight is 278 g/mol. The molecule has 0 bridgehead atoms. The van der Waals surface area contributed by atoms with Gasteiger partial charge < -0.3 is 9.47 Å². The molecular formula is C16H26N2O2. The maximum Gasteiger partial charge on any atom is 0.213 e. The van der Waals surface area contributed by atoms with Crippen LogP contribution < -0.4 is 0 Å². The van der Waals surface area contributed by atoms with E-state index in [-0.39, 0.29) is 11.6 Å². The van der Waals surface area contributed by atoms with E-state index < -0.39 is 0 Å². The number of allylic oxidation sites excluding steroid dienone is 1. The highest BCUT2D eigenvalue weighted by Gasteiger charge is 2.43. The quantitative estimate of drug-likeness (QED) is 0.743. The summed E-state index contributed by atoms with van der Waals surface area (Å²) in [7, 11) is 0. The summed E-state index contributed by atoms with van der Waals surface area (Å²) in [6.45, 7) is 9.55. The van der Waals surface area contributed by atoms with Crippen molar-refractivity contribution in [2.75, 3.05) is 13.2 Å². The Labute approximate surface area is 122 Å². The first-order valence-corrected chi connectivity index (χ1v) is 7.71. The zero-order valence-electron chi connectivity index (χ0n) is 13.1. The molecule has 0 aromatic carbocycles. The molecule has 112 valence electrons. The second kappa shape index (κ2) is 6.42. The molecule has 0 radical (unpaired) electrons. The molecule has 1 spiro atoms. The van der Waals surface area contributed by atoms with Crippen LogP contribution in [0.3, 0.4) is 0 Å². The maximum atomic E-state index is 5.84. The Morgan fingerprint density at radius 1 is 1.25 bits per heavy atom. The number of rotatable bonds is 3. The van der Waals surface area contributed by atoms with E-state index in [0.717, 1.165) is 31.1 Å². The van der Waals surface area contributed by atoms with Crippen LogP contribution in [0.15, 0.2) is 22.1 Å². The van der Waals surface area contributed by atoms with Crippen molar-refractivity contribution in [3.63, 3.8) is 0 Å². The van der Waals surface area contributed by atoms with Crippen LogP contribution in [0.2, 0.25) is 0 Å². The normalized spacial score (nSPS) is 29.4. The van der Waals surface area contributed by atoms with Gasteiger partial charge in [-0.15, -0.1) is 0 Å². The third-order valence-electron chi connectivity index (χ3n) is 3.78. The lowest BCUT2D eigenvalue weighted by molar-refractivity contribution is 0.249. The minimum atomic E-state index is -0.333. The summed E-state index contributed by atoms with van der Waals surface area (Å²) in [5.41, 5.74) is -0.333. The van der Waals surface area contributed by atoms with Gasteiger partial charge in [-0.25, -0.2) is 9.98 Å². The summed E-state index contributed by atoms with van der Waals surface area (Å²) in [6, 6.07) is -0.0203. The molecular weight excluding hydrogens is 252 g/mol. The second-order valence-electron chi connectivity index (χ2n) is 5.68. The van der Waals surface area contributed by atoms with Crippen LogP contribution in [-0.2, 0) is 9.47 Å². The van der Waals surface area contributed by atoms with Gasteiger partial charge in [0.2, 0.25) is 11.8 Å². The number of aliphatic imine (C=N–C) groups is 2. The van der Waals surface area contributed by atoms with Crippen molar-refractivity contribution < 1.29 is 9.47 Å². The number of ether oxygens (including phenoxy) is 2. The summed E-state index contributed by atoms with van der Waals surface area (Å²) in [5, 5.41) is 0. The van der Waals surface area contributed by atoms with Gasteiger partial charge in [0.05, 0.1) is 13.2 Å². The SMILES string of the molecule is CCOC1=NC2(CC=CCC2)C(OCC)=N[C@@H]1C(C)C. The van der Waals surface area contributed by atoms with E-state index in [1.54, 1.807) is 0 Å². The molecule has 20 heavy (non-hydrogen) atoms. The fourth-order valence-corrected chi connectivity index (χ4v) is 2.75. The fourth-order valence-electron chi connectivity index (χ4n) is 2.75. The van der Waals surface area contributed by atoms with Gasteiger partial charge in [-0.3, -0.25) is 0 Å². The van der Waals surface area contributed by atoms with E-state index in [0.29, 0.717) is 19.1 Å². The van der Waals surface area contributed by atoms with Gasteiger partial charge in [-0.2, -0.15) is 0 Å².